The van der Waals surface area contributed by atoms with Crippen LogP contribution in [0.3, 0.4) is 0 Å². The fraction of sp³-hybridized carbons (Fsp3) is 0.786. The van der Waals surface area contributed by atoms with Gasteiger partial charge in [0.15, 0.2) is 0 Å². The number of aliphatic carboxylic acids is 1. The number of hydrogen-bond acceptors (Lipinski definition) is 3. The van der Waals surface area contributed by atoms with Crippen LogP contribution in [0, 0.1) is 11.8 Å². The van der Waals surface area contributed by atoms with E-state index in [2.05, 4.69) is 10.6 Å². The van der Waals surface area contributed by atoms with Gasteiger partial charge in [0.1, 0.15) is 0 Å². The van der Waals surface area contributed by atoms with Gasteiger partial charge in [-0.15, -0.1) is 0 Å². The minimum absolute atomic E-state index is 0.0256. The Labute approximate surface area is 125 Å². The summed E-state index contributed by atoms with van der Waals surface area (Å²) >= 11 is 0. The molecule has 1 fully saturated rings. The standard InChI is InChI=1S/C14H25N3O4/c1-10(5-6-12(18)19)8-16-14(21)17-7-3-4-11(9-17)13(20)15-2/h10-11H,3-9H2,1-2H3,(H,15,20)(H,16,21)(H,18,19). The summed E-state index contributed by atoms with van der Waals surface area (Å²) in [5.74, 6) is -0.872. The van der Waals surface area contributed by atoms with Gasteiger partial charge < -0.3 is 20.6 Å². The fourth-order valence-corrected chi connectivity index (χ4v) is 2.43. The number of urea groups is 1. The molecule has 0 aromatic rings. The van der Waals surface area contributed by atoms with Gasteiger partial charge >= 0.3 is 12.0 Å². The van der Waals surface area contributed by atoms with Crippen molar-refractivity contribution in [2.75, 3.05) is 26.7 Å². The van der Waals surface area contributed by atoms with Crippen molar-refractivity contribution < 1.29 is 19.5 Å². The summed E-state index contributed by atoms with van der Waals surface area (Å²) < 4.78 is 0. The van der Waals surface area contributed by atoms with Gasteiger partial charge in [-0.3, -0.25) is 9.59 Å². The quantitative estimate of drug-likeness (QED) is 0.671. The number of piperidine rings is 1. The molecular weight excluding hydrogens is 274 g/mol. The average molecular weight is 299 g/mol. The summed E-state index contributed by atoms with van der Waals surface area (Å²) in [7, 11) is 1.60. The third-order valence-corrected chi connectivity index (χ3v) is 3.78. The molecule has 3 amide bonds. The third kappa shape index (κ3) is 6.01. The van der Waals surface area contributed by atoms with E-state index in [0.29, 0.717) is 26.1 Å². The Morgan fingerprint density at radius 2 is 2.10 bits per heavy atom. The van der Waals surface area contributed by atoms with Crippen LogP contribution in [-0.2, 0) is 9.59 Å². The number of rotatable bonds is 6. The van der Waals surface area contributed by atoms with Gasteiger partial charge in [-0.2, -0.15) is 0 Å². The molecule has 2 unspecified atom stereocenters. The van der Waals surface area contributed by atoms with Crippen LogP contribution in [0.4, 0.5) is 4.79 Å². The van der Waals surface area contributed by atoms with E-state index in [4.69, 9.17) is 5.11 Å². The zero-order valence-corrected chi connectivity index (χ0v) is 12.7. The number of carbonyl (C=O) groups excluding carboxylic acids is 2. The second-order valence-corrected chi connectivity index (χ2v) is 5.62. The number of amides is 3. The normalized spacial score (nSPS) is 19.7. The Morgan fingerprint density at radius 1 is 1.38 bits per heavy atom. The van der Waals surface area contributed by atoms with Gasteiger partial charge in [0, 0.05) is 33.1 Å². The number of nitrogens with zero attached hydrogens (tertiary/aromatic N) is 1. The molecular formula is C14H25N3O4. The highest BCUT2D eigenvalue weighted by Crippen LogP contribution is 2.16. The number of carbonyl (C=O) groups is 3. The van der Waals surface area contributed by atoms with Crippen molar-refractivity contribution in [3.8, 4) is 0 Å². The first-order valence-corrected chi connectivity index (χ1v) is 7.40. The Morgan fingerprint density at radius 3 is 2.71 bits per heavy atom. The maximum atomic E-state index is 12.1. The van der Waals surface area contributed by atoms with Crippen molar-refractivity contribution >= 4 is 17.9 Å². The zero-order chi connectivity index (χ0) is 15.8. The topological polar surface area (TPSA) is 98.7 Å². The number of likely N-dealkylation sites (tertiary alicyclic amines) is 1. The Bertz CT molecular complexity index is 386. The molecule has 1 rings (SSSR count). The predicted molar refractivity (Wildman–Crippen MR) is 77.8 cm³/mol. The number of carboxylic acid groups (broad SMARTS) is 1. The summed E-state index contributed by atoms with van der Waals surface area (Å²) in [5.41, 5.74) is 0. The summed E-state index contributed by atoms with van der Waals surface area (Å²) in [6.07, 6.45) is 2.27. The van der Waals surface area contributed by atoms with E-state index in [1.165, 1.54) is 0 Å². The molecule has 21 heavy (non-hydrogen) atoms. The van der Waals surface area contributed by atoms with Crippen molar-refractivity contribution in [2.24, 2.45) is 11.8 Å². The van der Waals surface area contributed by atoms with Crippen LogP contribution in [-0.4, -0.2) is 54.6 Å². The van der Waals surface area contributed by atoms with Crippen molar-refractivity contribution in [3.63, 3.8) is 0 Å². The molecule has 0 bridgehead atoms. The van der Waals surface area contributed by atoms with Crippen LogP contribution in [0.5, 0.6) is 0 Å². The van der Waals surface area contributed by atoms with E-state index in [1.807, 2.05) is 6.92 Å². The van der Waals surface area contributed by atoms with Crippen LogP contribution < -0.4 is 10.6 Å². The van der Waals surface area contributed by atoms with Crippen molar-refractivity contribution in [3.05, 3.63) is 0 Å². The van der Waals surface area contributed by atoms with Gasteiger partial charge in [0.2, 0.25) is 5.91 Å². The molecule has 0 spiro atoms. The number of carboxylic acids is 1. The van der Waals surface area contributed by atoms with Gasteiger partial charge in [-0.25, -0.2) is 4.79 Å². The van der Waals surface area contributed by atoms with Crippen LogP contribution in [0.2, 0.25) is 0 Å². The largest absolute Gasteiger partial charge is 0.481 e. The highest BCUT2D eigenvalue weighted by molar-refractivity contribution is 5.80. The van der Waals surface area contributed by atoms with Crippen molar-refractivity contribution in [1.29, 1.82) is 0 Å². The molecule has 2 atom stereocenters. The van der Waals surface area contributed by atoms with Crippen molar-refractivity contribution in [1.82, 2.24) is 15.5 Å². The Balaban J connectivity index is 2.34. The van der Waals surface area contributed by atoms with E-state index >= 15 is 0 Å². The lowest BCUT2D eigenvalue weighted by Crippen LogP contribution is -2.49. The van der Waals surface area contributed by atoms with Gasteiger partial charge in [0.25, 0.3) is 0 Å². The van der Waals surface area contributed by atoms with Gasteiger partial charge in [-0.1, -0.05) is 6.92 Å². The first kappa shape index (κ1) is 17.3. The fourth-order valence-electron chi connectivity index (χ4n) is 2.43. The average Bonchev–Trinajstić information content (AvgIpc) is 2.49. The SMILES string of the molecule is CNC(=O)C1CCCN(C(=O)NCC(C)CCC(=O)O)C1. The molecule has 0 aliphatic carbocycles. The summed E-state index contributed by atoms with van der Waals surface area (Å²) in [4.78, 5) is 35.8. The highest BCUT2D eigenvalue weighted by atomic mass is 16.4. The molecule has 7 nitrogen and oxygen atoms in total. The predicted octanol–water partition coefficient (Wildman–Crippen LogP) is 0.655. The van der Waals surface area contributed by atoms with Gasteiger partial charge in [-0.05, 0) is 25.2 Å². The van der Waals surface area contributed by atoms with E-state index in [0.717, 1.165) is 12.8 Å². The van der Waals surface area contributed by atoms with Crippen LogP contribution in [0.25, 0.3) is 0 Å². The summed E-state index contributed by atoms with van der Waals surface area (Å²) in [5, 5.41) is 14.0. The maximum absolute atomic E-state index is 12.1. The molecule has 3 N–H and O–H groups in total. The van der Waals surface area contributed by atoms with Crippen molar-refractivity contribution in [2.45, 2.75) is 32.6 Å². The maximum Gasteiger partial charge on any atom is 0.317 e. The molecule has 120 valence electrons. The Kier molecular flexibility index (Phi) is 6.98. The molecule has 1 heterocycles. The lowest BCUT2D eigenvalue weighted by atomic mass is 9.97. The lowest BCUT2D eigenvalue weighted by molar-refractivity contribution is -0.137. The third-order valence-electron chi connectivity index (χ3n) is 3.78. The van der Waals surface area contributed by atoms with Crippen LogP contribution >= 0.6 is 0 Å². The second kappa shape index (κ2) is 8.49. The molecule has 1 saturated heterocycles. The monoisotopic (exact) mass is 299 g/mol. The first-order chi connectivity index (χ1) is 9.93. The molecule has 1 aliphatic heterocycles. The van der Waals surface area contributed by atoms with E-state index in [9.17, 15) is 14.4 Å². The van der Waals surface area contributed by atoms with Gasteiger partial charge in [0.05, 0.1) is 5.92 Å². The second-order valence-electron chi connectivity index (χ2n) is 5.62. The van der Waals surface area contributed by atoms with E-state index < -0.39 is 5.97 Å². The highest BCUT2D eigenvalue weighted by Gasteiger charge is 2.27. The molecule has 7 heteroatoms. The van der Waals surface area contributed by atoms with Crippen LogP contribution in [0.1, 0.15) is 32.6 Å². The lowest BCUT2D eigenvalue weighted by Gasteiger charge is -2.32. The first-order valence-electron chi connectivity index (χ1n) is 7.40. The number of nitrogens with one attached hydrogen (secondary N) is 2. The Hall–Kier alpha value is -1.79. The molecule has 0 saturated carbocycles. The summed E-state index contributed by atoms with van der Waals surface area (Å²) in [6.45, 7) is 3.46. The minimum atomic E-state index is -0.822. The zero-order valence-electron chi connectivity index (χ0n) is 12.7. The van der Waals surface area contributed by atoms with E-state index in [-0.39, 0.29) is 30.2 Å². The smallest absolute Gasteiger partial charge is 0.317 e. The summed E-state index contributed by atoms with van der Waals surface area (Å²) in [6, 6.07) is -0.175. The van der Waals surface area contributed by atoms with Crippen LogP contribution in [0.15, 0.2) is 0 Å². The molecule has 1 aliphatic rings. The number of hydrogen-bond donors (Lipinski definition) is 3. The molecule has 0 aromatic heterocycles. The van der Waals surface area contributed by atoms with E-state index in [1.54, 1.807) is 11.9 Å². The molecule has 0 radical (unpaired) electrons. The molecule has 0 aromatic carbocycles. The minimum Gasteiger partial charge on any atom is -0.481 e.